The molecule has 0 amide bonds. The lowest BCUT2D eigenvalue weighted by Gasteiger charge is -2.28. The van der Waals surface area contributed by atoms with E-state index in [1.165, 1.54) is 25.7 Å². The van der Waals surface area contributed by atoms with Crippen molar-refractivity contribution in [2.45, 2.75) is 39.0 Å². The lowest BCUT2D eigenvalue weighted by molar-refractivity contribution is 0.270. The predicted molar refractivity (Wildman–Crippen MR) is 77.1 cm³/mol. The Balaban J connectivity index is 1.71. The summed E-state index contributed by atoms with van der Waals surface area (Å²) in [5.41, 5.74) is 0. The number of hydrogen-bond donors (Lipinski definition) is 2. The van der Waals surface area contributed by atoms with Gasteiger partial charge in [0, 0.05) is 32.7 Å². The van der Waals surface area contributed by atoms with Gasteiger partial charge in [0.05, 0.1) is 0 Å². The molecule has 112 valence electrons. The molecule has 0 aromatic rings. The second-order valence-corrected chi connectivity index (χ2v) is 7.73. The van der Waals surface area contributed by atoms with Crippen molar-refractivity contribution < 1.29 is 8.42 Å². The van der Waals surface area contributed by atoms with Crippen molar-refractivity contribution in [3.8, 4) is 0 Å². The van der Waals surface area contributed by atoms with Gasteiger partial charge < -0.3 is 5.32 Å². The minimum atomic E-state index is -3.25. The average molecular weight is 289 g/mol. The Morgan fingerprint density at radius 3 is 2.68 bits per heavy atom. The second kappa shape index (κ2) is 7.02. The fraction of sp³-hybridized carbons (Fsp3) is 1.00. The summed E-state index contributed by atoms with van der Waals surface area (Å²) >= 11 is 0. The molecule has 0 bridgehead atoms. The van der Waals surface area contributed by atoms with E-state index >= 15 is 0 Å². The SMILES string of the molecule is CC1CCCC(CCNS(=O)(=O)N2CCNCC2)C1. The Labute approximate surface area is 117 Å². The smallest absolute Gasteiger partial charge is 0.279 e. The van der Waals surface area contributed by atoms with Crippen LogP contribution in [-0.4, -0.2) is 45.4 Å². The summed E-state index contributed by atoms with van der Waals surface area (Å²) in [4.78, 5) is 0. The fourth-order valence-corrected chi connectivity index (χ4v) is 4.41. The molecule has 2 atom stereocenters. The summed E-state index contributed by atoms with van der Waals surface area (Å²) in [6.07, 6.45) is 6.14. The molecule has 2 rings (SSSR count). The van der Waals surface area contributed by atoms with Crippen LogP contribution >= 0.6 is 0 Å². The standard InChI is InChI=1S/C13H27N3O2S/c1-12-3-2-4-13(11-12)5-6-15-19(17,18)16-9-7-14-8-10-16/h12-15H,2-11H2,1H3. The zero-order valence-corrected chi connectivity index (χ0v) is 12.7. The highest BCUT2D eigenvalue weighted by atomic mass is 32.2. The van der Waals surface area contributed by atoms with Gasteiger partial charge in [0.25, 0.3) is 10.2 Å². The quantitative estimate of drug-likeness (QED) is 0.792. The zero-order chi connectivity index (χ0) is 13.7. The molecule has 2 unspecified atom stereocenters. The Hall–Kier alpha value is -0.170. The van der Waals surface area contributed by atoms with Crippen LogP contribution in [0.2, 0.25) is 0 Å². The van der Waals surface area contributed by atoms with Crippen LogP contribution in [0.1, 0.15) is 39.0 Å². The normalized spacial score (nSPS) is 30.4. The monoisotopic (exact) mass is 289 g/mol. The summed E-state index contributed by atoms with van der Waals surface area (Å²) in [6.45, 7) is 5.55. The van der Waals surface area contributed by atoms with Gasteiger partial charge >= 0.3 is 0 Å². The summed E-state index contributed by atoms with van der Waals surface area (Å²) in [5.74, 6) is 1.51. The molecule has 0 radical (unpaired) electrons. The lowest BCUT2D eigenvalue weighted by Crippen LogP contribution is -2.50. The molecule has 0 aromatic heterocycles. The van der Waals surface area contributed by atoms with Crippen molar-refractivity contribution in [3.05, 3.63) is 0 Å². The van der Waals surface area contributed by atoms with Gasteiger partial charge in [-0.1, -0.05) is 26.2 Å². The van der Waals surface area contributed by atoms with E-state index in [4.69, 9.17) is 0 Å². The maximum Gasteiger partial charge on any atom is 0.279 e. The molecule has 1 aliphatic carbocycles. The highest BCUT2D eigenvalue weighted by Crippen LogP contribution is 2.30. The van der Waals surface area contributed by atoms with E-state index in [1.807, 2.05) is 0 Å². The molecular formula is C13H27N3O2S. The van der Waals surface area contributed by atoms with Crippen LogP contribution in [0, 0.1) is 11.8 Å². The van der Waals surface area contributed by atoms with Crippen molar-refractivity contribution in [2.24, 2.45) is 11.8 Å². The summed E-state index contributed by atoms with van der Waals surface area (Å²) in [7, 11) is -3.25. The second-order valence-electron chi connectivity index (χ2n) is 5.97. The molecule has 0 aromatic carbocycles. The molecule has 6 heteroatoms. The highest BCUT2D eigenvalue weighted by molar-refractivity contribution is 7.87. The molecule has 5 nitrogen and oxygen atoms in total. The third-order valence-corrected chi connectivity index (χ3v) is 5.91. The minimum absolute atomic E-state index is 0.579. The first-order valence-corrected chi connectivity index (χ1v) is 8.97. The van der Waals surface area contributed by atoms with Crippen LogP contribution in [0.5, 0.6) is 0 Å². The topological polar surface area (TPSA) is 61.4 Å². The number of hydrogen-bond acceptors (Lipinski definition) is 3. The van der Waals surface area contributed by atoms with Gasteiger partial charge in [-0.2, -0.15) is 12.7 Å². The summed E-state index contributed by atoms with van der Waals surface area (Å²) in [5, 5.41) is 3.17. The largest absolute Gasteiger partial charge is 0.314 e. The molecule has 1 aliphatic heterocycles. The molecule has 2 fully saturated rings. The van der Waals surface area contributed by atoms with E-state index in [0.29, 0.717) is 25.6 Å². The van der Waals surface area contributed by atoms with Crippen LogP contribution in [-0.2, 0) is 10.2 Å². The van der Waals surface area contributed by atoms with E-state index in [9.17, 15) is 8.42 Å². The van der Waals surface area contributed by atoms with Crippen molar-refractivity contribution in [2.75, 3.05) is 32.7 Å². The van der Waals surface area contributed by atoms with Gasteiger partial charge in [0.2, 0.25) is 0 Å². The van der Waals surface area contributed by atoms with Gasteiger partial charge in [-0.05, 0) is 24.7 Å². The number of nitrogens with one attached hydrogen (secondary N) is 2. The van der Waals surface area contributed by atoms with Crippen molar-refractivity contribution in [1.29, 1.82) is 0 Å². The van der Waals surface area contributed by atoms with Gasteiger partial charge in [-0.15, -0.1) is 0 Å². The molecular weight excluding hydrogens is 262 g/mol. The first-order chi connectivity index (χ1) is 9.08. The van der Waals surface area contributed by atoms with E-state index < -0.39 is 10.2 Å². The van der Waals surface area contributed by atoms with Crippen LogP contribution in [0.15, 0.2) is 0 Å². The molecule has 1 saturated heterocycles. The Kier molecular flexibility index (Phi) is 5.62. The molecule has 1 heterocycles. The third-order valence-electron chi connectivity index (χ3n) is 4.30. The van der Waals surface area contributed by atoms with Crippen molar-refractivity contribution in [1.82, 2.24) is 14.3 Å². The summed E-state index contributed by atoms with van der Waals surface area (Å²) in [6, 6.07) is 0. The number of rotatable bonds is 5. The molecule has 1 saturated carbocycles. The molecule has 19 heavy (non-hydrogen) atoms. The minimum Gasteiger partial charge on any atom is -0.314 e. The summed E-state index contributed by atoms with van der Waals surface area (Å²) < 4.78 is 28.5. The third kappa shape index (κ3) is 4.70. The van der Waals surface area contributed by atoms with E-state index in [1.54, 1.807) is 4.31 Å². The Morgan fingerprint density at radius 2 is 2.00 bits per heavy atom. The van der Waals surface area contributed by atoms with Crippen molar-refractivity contribution >= 4 is 10.2 Å². The van der Waals surface area contributed by atoms with Gasteiger partial charge in [0.15, 0.2) is 0 Å². The maximum absolute atomic E-state index is 12.1. The van der Waals surface area contributed by atoms with E-state index in [0.717, 1.165) is 25.4 Å². The number of nitrogens with zero attached hydrogens (tertiary/aromatic N) is 1. The number of piperazine rings is 1. The highest BCUT2D eigenvalue weighted by Gasteiger charge is 2.24. The average Bonchev–Trinajstić information content (AvgIpc) is 2.40. The molecule has 2 aliphatic rings. The van der Waals surface area contributed by atoms with Crippen LogP contribution in [0.4, 0.5) is 0 Å². The van der Waals surface area contributed by atoms with Crippen LogP contribution in [0.25, 0.3) is 0 Å². The molecule has 2 N–H and O–H groups in total. The predicted octanol–water partition coefficient (Wildman–Crippen LogP) is 0.942. The van der Waals surface area contributed by atoms with Gasteiger partial charge in [-0.3, -0.25) is 0 Å². The molecule has 0 spiro atoms. The lowest BCUT2D eigenvalue weighted by atomic mass is 9.81. The fourth-order valence-electron chi connectivity index (χ4n) is 3.19. The Bertz CT molecular complexity index is 366. The van der Waals surface area contributed by atoms with Crippen LogP contribution in [0.3, 0.4) is 0 Å². The van der Waals surface area contributed by atoms with E-state index in [-0.39, 0.29) is 0 Å². The first-order valence-electron chi connectivity index (χ1n) is 7.53. The first kappa shape index (κ1) is 15.2. The zero-order valence-electron chi connectivity index (χ0n) is 11.9. The van der Waals surface area contributed by atoms with E-state index in [2.05, 4.69) is 17.0 Å². The van der Waals surface area contributed by atoms with Crippen molar-refractivity contribution in [3.63, 3.8) is 0 Å². The van der Waals surface area contributed by atoms with Gasteiger partial charge in [-0.25, -0.2) is 4.72 Å². The maximum atomic E-state index is 12.1. The van der Waals surface area contributed by atoms with Gasteiger partial charge in [0.1, 0.15) is 0 Å². The Morgan fingerprint density at radius 1 is 1.26 bits per heavy atom. The van der Waals surface area contributed by atoms with Crippen LogP contribution < -0.4 is 10.0 Å².